The minimum atomic E-state index is -0.664. The number of aryl methyl sites for hydroxylation is 1. The third-order valence-electron chi connectivity index (χ3n) is 2.04. The zero-order valence-corrected chi connectivity index (χ0v) is 10.9. The average molecular weight is 307 g/mol. The van der Waals surface area contributed by atoms with Crippen LogP contribution < -0.4 is 5.56 Å². The fraction of sp³-hybridized carbons (Fsp3) is 0.444. The molecule has 0 saturated heterocycles. The van der Waals surface area contributed by atoms with Gasteiger partial charge < -0.3 is 4.57 Å². The molecule has 1 aromatic heterocycles. The summed E-state index contributed by atoms with van der Waals surface area (Å²) < 4.78 is 1.88. The van der Waals surface area contributed by atoms with E-state index in [1.165, 1.54) is 10.6 Å². The number of thiol groups is 1. The Kier molecular flexibility index (Phi) is 5.01. The number of nitrogens with zero attached hydrogens (tertiary/aromatic N) is 2. The zero-order valence-electron chi connectivity index (χ0n) is 8.43. The number of hydrogen-bond donors (Lipinski definition) is 1. The van der Waals surface area contributed by atoms with Crippen LogP contribution in [0, 0.1) is 10.1 Å². The number of unbranched alkanes of at least 4 members (excludes halogenated alkanes) is 1. The van der Waals surface area contributed by atoms with Crippen LogP contribution in [0.2, 0.25) is 0 Å². The second-order valence-corrected chi connectivity index (χ2v) is 4.59. The standard InChI is InChI=1S/C9H11BrN2O3S/c10-7-5-8(12(14)15)9(13)11(6-7)3-1-2-4-16/h5-6,16H,1-4H2. The first kappa shape index (κ1) is 13.2. The van der Waals surface area contributed by atoms with Crippen LogP contribution in [0.15, 0.2) is 21.5 Å². The van der Waals surface area contributed by atoms with Crippen LogP contribution in [-0.4, -0.2) is 15.2 Å². The maximum Gasteiger partial charge on any atom is 0.335 e. The summed E-state index contributed by atoms with van der Waals surface area (Å²) in [5.74, 6) is 0.741. The van der Waals surface area contributed by atoms with E-state index >= 15 is 0 Å². The molecule has 0 aromatic carbocycles. The zero-order chi connectivity index (χ0) is 12.1. The minimum absolute atomic E-state index is 0.403. The molecule has 0 aliphatic heterocycles. The summed E-state index contributed by atoms with van der Waals surface area (Å²) in [6, 6.07) is 1.22. The highest BCUT2D eigenvalue weighted by Gasteiger charge is 2.15. The van der Waals surface area contributed by atoms with Crippen molar-refractivity contribution in [1.29, 1.82) is 0 Å². The van der Waals surface area contributed by atoms with Crippen molar-refractivity contribution < 1.29 is 4.92 Å². The lowest BCUT2D eigenvalue weighted by atomic mass is 10.3. The quantitative estimate of drug-likeness (QED) is 0.393. The minimum Gasteiger partial charge on any atom is -0.309 e. The molecule has 0 radical (unpaired) electrons. The molecular formula is C9H11BrN2O3S. The molecule has 5 nitrogen and oxygen atoms in total. The Labute approximate surface area is 106 Å². The summed E-state index contributed by atoms with van der Waals surface area (Å²) in [4.78, 5) is 21.6. The van der Waals surface area contributed by atoms with Gasteiger partial charge in [-0.25, -0.2) is 0 Å². The van der Waals surface area contributed by atoms with Gasteiger partial charge in [0.2, 0.25) is 0 Å². The third-order valence-corrected chi connectivity index (χ3v) is 2.79. The SMILES string of the molecule is O=c1c([N+](=O)[O-])cc(Br)cn1CCCCS. The van der Waals surface area contributed by atoms with Crippen LogP contribution in [-0.2, 0) is 6.54 Å². The van der Waals surface area contributed by atoms with E-state index in [4.69, 9.17) is 0 Å². The van der Waals surface area contributed by atoms with Crippen molar-refractivity contribution in [2.75, 3.05) is 5.75 Å². The number of nitro groups is 1. The molecule has 0 saturated carbocycles. The monoisotopic (exact) mass is 306 g/mol. The highest BCUT2D eigenvalue weighted by Crippen LogP contribution is 2.14. The van der Waals surface area contributed by atoms with Crippen molar-refractivity contribution >= 4 is 34.2 Å². The Hall–Kier alpha value is -0.820. The van der Waals surface area contributed by atoms with Crippen molar-refractivity contribution in [3.8, 4) is 0 Å². The van der Waals surface area contributed by atoms with Crippen LogP contribution in [0.3, 0.4) is 0 Å². The molecule has 0 fully saturated rings. The summed E-state index contributed by atoms with van der Waals surface area (Å²) in [5.41, 5.74) is -0.965. The fourth-order valence-corrected chi connectivity index (χ4v) is 1.96. The van der Waals surface area contributed by atoms with Gasteiger partial charge in [0.05, 0.1) is 4.92 Å². The van der Waals surface area contributed by atoms with Gasteiger partial charge in [0.1, 0.15) is 0 Å². The number of aromatic nitrogens is 1. The summed E-state index contributed by atoms with van der Waals surface area (Å²) in [5, 5.41) is 10.6. The molecule has 0 aliphatic carbocycles. The largest absolute Gasteiger partial charge is 0.335 e. The predicted molar refractivity (Wildman–Crippen MR) is 68.1 cm³/mol. The lowest BCUT2D eigenvalue weighted by molar-refractivity contribution is -0.386. The average Bonchev–Trinajstić information content (AvgIpc) is 2.22. The van der Waals surface area contributed by atoms with Gasteiger partial charge in [0.15, 0.2) is 0 Å². The predicted octanol–water partition coefficient (Wildman–Crippen LogP) is 2.23. The van der Waals surface area contributed by atoms with Crippen molar-refractivity contribution in [1.82, 2.24) is 4.57 Å². The van der Waals surface area contributed by atoms with Gasteiger partial charge in [-0.3, -0.25) is 14.9 Å². The molecule has 1 aromatic rings. The molecule has 0 bridgehead atoms. The van der Waals surface area contributed by atoms with Crippen molar-refractivity contribution in [3.05, 3.63) is 37.2 Å². The van der Waals surface area contributed by atoms with Crippen molar-refractivity contribution in [2.45, 2.75) is 19.4 Å². The van der Waals surface area contributed by atoms with Gasteiger partial charge in [-0.1, -0.05) is 0 Å². The number of pyridine rings is 1. The first-order valence-electron chi connectivity index (χ1n) is 4.71. The molecule has 0 atom stereocenters. The summed E-state index contributed by atoms with van der Waals surface area (Å²) in [7, 11) is 0. The van der Waals surface area contributed by atoms with E-state index in [1.54, 1.807) is 6.20 Å². The van der Waals surface area contributed by atoms with Crippen molar-refractivity contribution in [3.63, 3.8) is 0 Å². The lowest BCUT2D eigenvalue weighted by Crippen LogP contribution is -2.22. The second kappa shape index (κ2) is 6.05. The normalized spacial score (nSPS) is 10.4. The molecule has 0 amide bonds. The number of halogens is 1. The molecule has 0 spiro atoms. The lowest BCUT2D eigenvalue weighted by Gasteiger charge is -2.05. The van der Waals surface area contributed by atoms with Gasteiger partial charge in [-0.15, -0.1) is 0 Å². The van der Waals surface area contributed by atoms with Gasteiger partial charge in [0.25, 0.3) is 0 Å². The molecule has 0 unspecified atom stereocenters. The molecule has 1 rings (SSSR count). The molecule has 16 heavy (non-hydrogen) atoms. The van der Waals surface area contributed by atoms with Gasteiger partial charge in [-0.05, 0) is 34.5 Å². The maximum atomic E-state index is 11.6. The highest BCUT2D eigenvalue weighted by atomic mass is 79.9. The van der Waals surface area contributed by atoms with E-state index in [0.29, 0.717) is 11.0 Å². The van der Waals surface area contributed by atoms with Crippen LogP contribution in [0.4, 0.5) is 5.69 Å². The smallest absolute Gasteiger partial charge is 0.309 e. The van der Waals surface area contributed by atoms with E-state index in [2.05, 4.69) is 28.6 Å². The topological polar surface area (TPSA) is 65.1 Å². The molecule has 7 heteroatoms. The first-order chi connectivity index (χ1) is 7.56. The second-order valence-electron chi connectivity index (χ2n) is 3.23. The van der Waals surface area contributed by atoms with Crippen molar-refractivity contribution in [2.24, 2.45) is 0 Å². The molecule has 88 valence electrons. The Morgan fingerprint density at radius 2 is 2.19 bits per heavy atom. The molecule has 0 aliphatic rings. The van der Waals surface area contributed by atoms with E-state index < -0.39 is 16.2 Å². The number of rotatable bonds is 5. The maximum absolute atomic E-state index is 11.6. The van der Waals surface area contributed by atoms with Gasteiger partial charge >= 0.3 is 11.2 Å². The highest BCUT2D eigenvalue weighted by molar-refractivity contribution is 9.10. The van der Waals surface area contributed by atoms with Crippen LogP contribution in [0.1, 0.15) is 12.8 Å². The van der Waals surface area contributed by atoms with Crippen LogP contribution in [0.5, 0.6) is 0 Å². The Balaban J connectivity index is 3.00. The summed E-state index contributed by atoms with van der Waals surface area (Å²) in [6.45, 7) is 0.472. The van der Waals surface area contributed by atoms with Gasteiger partial charge in [-0.2, -0.15) is 12.6 Å². The Bertz CT molecular complexity index is 447. The van der Waals surface area contributed by atoms with E-state index in [9.17, 15) is 14.9 Å². The van der Waals surface area contributed by atoms with Crippen LogP contribution in [0.25, 0.3) is 0 Å². The summed E-state index contributed by atoms with van der Waals surface area (Å²) in [6.07, 6.45) is 3.21. The van der Waals surface area contributed by atoms with E-state index in [1.807, 2.05) is 0 Å². The Morgan fingerprint density at radius 3 is 2.75 bits per heavy atom. The first-order valence-corrected chi connectivity index (χ1v) is 6.14. The third kappa shape index (κ3) is 3.34. The van der Waals surface area contributed by atoms with E-state index in [0.717, 1.165) is 18.6 Å². The number of hydrogen-bond acceptors (Lipinski definition) is 4. The van der Waals surface area contributed by atoms with E-state index in [-0.39, 0.29) is 0 Å². The Morgan fingerprint density at radius 1 is 1.50 bits per heavy atom. The molecule has 0 N–H and O–H groups in total. The molecular weight excluding hydrogens is 296 g/mol. The fourth-order valence-electron chi connectivity index (χ4n) is 1.28. The molecule has 1 heterocycles. The summed E-state index contributed by atoms with van der Waals surface area (Å²) >= 11 is 7.21. The van der Waals surface area contributed by atoms with Crippen LogP contribution >= 0.6 is 28.6 Å². The van der Waals surface area contributed by atoms with Gasteiger partial charge in [0, 0.05) is 23.3 Å².